The Morgan fingerprint density at radius 1 is 1.32 bits per heavy atom. The van der Waals surface area contributed by atoms with Crippen LogP contribution in [0, 0.1) is 5.92 Å². The number of nitrogens with zero attached hydrogens (tertiary/aromatic N) is 1. The average Bonchev–Trinajstić information content (AvgIpc) is 2.43. The number of thioether (sulfide) groups is 1. The van der Waals surface area contributed by atoms with Crippen molar-refractivity contribution in [3.05, 3.63) is 29.8 Å². The molecule has 0 aliphatic heterocycles. The standard InChI is InChI=1S/C15H24N2OS/c1-11(2)14(16)9-10-17(3)15(18)12-5-7-13(19-4)8-6-12/h5-8,11,14H,9-10,16H2,1-4H3. The highest BCUT2D eigenvalue weighted by molar-refractivity contribution is 7.98. The number of benzene rings is 1. The molecule has 0 saturated heterocycles. The molecule has 1 rings (SSSR count). The minimum atomic E-state index is 0.0589. The van der Waals surface area contributed by atoms with E-state index in [0.29, 0.717) is 12.5 Å². The number of hydrogen-bond donors (Lipinski definition) is 1. The Morgan fingerprint density at radius 3 is 2.37 bits per heavy atom. The predicted molar refractivity (Wildman–Crippen MR) is 82.6 cm³/mol. The van der Waals surface area contributed by atoms with E-state index in [0.717, 1.165) is 12.0 Å². The van der Waals surface area contributed by atoms with Gasteiger partial charge < -0.3 is 10.6 Å². The molecule has 0 radical (unpaired) electrons. The lowest BCUT2D eigenvalue weighted by Gasteiger charge is -2.21. The second kappa shape index (κ2) is 7.56. The fourth-order valence-electron chi connectivity index (χ4n) is 1.73. The van der Waals surface area contributed by atoms with Gasteiger partial charge in [-0.15, -0.1) is 11.8 Å². The summed E-state index contributed by atoms with van der Waals surface area (Å²) in [6.45, 7) is 4.91. The highest BCUT2D eigenvalue weighted by Crippen LogP contribution is 2.16. The van der Waals surface area contributed by atoms with Crippen LogP contribution in [-0.2, 0) is 0 Å². The van der Waals surface area contributed by atoms with Crippen molar-refractivity contribution in [2.24, 2.45) is 11.7 Å². The molecule has 19 heavy (non-hydrogen) atoms. The fourth-order valence-corrected chi connectivity index (χ4v) is 2.14. The molecule has 0 bridgehead atoms. The van der Waals surface area contributed by atoms with Crippen molar-refractivity contribution in [3.63, 3.8) is 0 Å². The molecule has 1 atom stereocenters. The fraction of sp³-hybridized carbons (Fsp3) is 0.533. The maximum absolute atomic E-state index is 12.2. The van der Waals surface area contributed by atoms with Crippen LogP contribution in [-0.4, -0.2) is 36.7 Å². The third-order valence-corrected chi connectivity index (χ3v) is 4.08. The molecule has 2 N–H and O–H groups in total. The van der Waals surface area contributed by atoms with E-state index in [1.165, 1.54) is 4.90 Å². The molecule has 0 aliphatic carbocycles. The van der Waals surface area contributed by atoms with Crippen LogP contribution in [0.5, 0.6) is 0 Å². The van der Waals surface area contributed by atoms with E-state index in [4.69, 9.17) is 5.73 Å². The van der Waals surface area contributed by atoms with Crippen molar-refractivity contribution in [3.8, 4) is 0 Å². The third-order valence-electron chi connectivity index (χ3n) is 3.34. The topological polar surface area (TPSA) is 46.3 Å². The van der Waals surface area contributed by atoms with Gasteiger partial charge in [0, 0.05) is 30.1 Å². The van der Waals surface area contributed by atoms with E-state index >= 15 is 0 Å². The molecule has 0 aliphatic rings. The molecule has 1 aromatic carbocycles. The first-order valence-electron chi connectivity index (χ1n) is 6.60. The van der Waals surface area contributed by atoms with Gasteiger partial charge in [0.25, 0.3) is 5.91 Å². The summed E-state index contributed by atoms with van der Waals surface area (Å²) in [4.78, 5) is 15.1. The molecule has 3 nitrogen and oxygen atoms in total. The Morgan fingerprint density at radius 2 is 1.89 bits per heavy atom. The maximum Gasteiger partial charge on any atom is 0.253 e. The lowest BCUT2D eigenvalue weighted by molar-refractivity contribution is 0.0789. The van der Waals surface area contributed by atoms with Gasteiger partial charge in [0.15, 0.2) is 0 Å². The molecule has 1 amide bonds. The predicted octanol–water partition coefficient (Wildman–Crippen LogP) is 2.85. The van der Waals surface area contributed by atoms with Gasteiger partial charge in [-0.25, -0.2) is 0 Å². The number of rotatable bonds is 6. The molecular weight excluding hydrogens is 256 g/mol. The third kappa shape index (κ3) is 4.88. The second-order valence-electron chi connectivity index (χ2n) is 5.15. The highest BCUT2D eigenvalue weighted by atomic mass is 32.2. The summed E-state index contributed by atoms with van der Waals surface area (Å²) in [5.74, 6) is 0.507. The van der Waals surface area contributed by atoms with E-state index in [1.54, 1.807) is 16.7 Å². The Balaban J connectivity index is 2.56. The zero-order chi connectivity index (χ0) is 14.4. The minimum Gasteiger partial charge on any atom is -0.342 e. The van der Waals surface area contributed by atoms with Gasteiger partial charge in [-0.2, -0.15) is 0 Å². The summed E-state index contributed by atoms with van der Waals surface area (Å²) in [6, 6.07) is 7.87. The van der Waals surface area contributed by atoms with Gasteiger partial charge in [0.2, 0.25) is 0 Å². The zero-order valence-corrected chi connectivity index (χ0v) is 13.0. The van der Waals surface area contributed by atoms with Crippen LogP contribution in [0.3, 0.4) is 0 Å². The number of carbonyl (C=O) groups excluding carboxylic acids is 1. The van der Waals surface area contributed by atoms with Crippen molar-refractivity contribution in [2.45, 2.75) is 31.2 Å². The normalized spacial score (nSPS) is 12.5. The first kappa shape index (κ1) is 16.1. The quantitative estimate of drug-likeness (QED) is 0.815. The van der Waals surface area contributed by atoms with E-state index in [1.807, 2.05) is 37.6 Å². The molecule has 0 spiro atoms. The van der Waals surface area contributed by atoms with Crippen molar-refractivity contribution in [1.82, 2.24) is 4.90 Å². The van der Waals surface area contributed by atoms with Crippen molar-refractivity contribution < 1.29 is 4.79 Å². The smallest absolute Gasteiger partial charge is 0.253 e. The summed E-state index contributed by atoms with van der Waals surface area (Å²) in [6.07, 6.45) is 2.86. The zero-order valence-electron chi connectivity index (χ0n) is 12.2. The summed E-state index contributed by atoms with van der Waals surface area (Å²) in [7, 11) is 1.83. The van der Waals surface area contributed by atoms with Gasteiger partial charge in [-0.3, -0.25) is 4.79 Å². The molecule has 0 fully saturated rings. The average molecular weight is 280 g/mol. The Hall–Kier alpha value is -1.00. The lowest BCUT2D eigenvalue weighted by atomic mass is 10.0. The summed E-state index contributed by atoms with van der Waals surface area (Å²) < 4.78 is 0. The van der Waals surface area contributed by atoms with Crippen LogP contribution in [0.2, 0.25) is 0 Å². The second-order valence-corrected chi connectivity index (χ2v) is 6.03. The Kier molecular flexibility index (Phi) is 6.38. The first-order valence-corrected chi connectivity index (χ1v) is 7.83. The maximum atomic E-state index is 12.2. The number of nitrogens with two attached hydrogens (primary N) is 1. The summed E-state index contributed by atoms with van der Waals surface area (Å²) in [5.41, 5.74) is 6.74. The first-order chi connectivity index (χ1) is 8.95. The van der Waals surface area contributed by atoms with Gasteiger partial charge >= 0.3 is 0 Å². The van der Waals surface area contributed by atoms with Gasteiger partial charge in [0.05, 0.1) is 0 Å². The summed E-state index contributed by atoms with van der Waals surface area (Å²) >= 11 is 1.67. The lowest BCUT2D eigenvalue weighted by Crippen LogP contribution is -2.34. The number of amides is 1. The Bertz CT molecular complexity index is 403. The molecule has 4 heteroatoms. The van der Waals surface area contributed by atoms with Crippen LogP contribution in [0.25, 0.3) is 0 Å². The molecular formula is C15H24N2OS. The van der Waals surface area contributed by atoms with E-state index < -0.39 is 0 Å². The van der Waals surface area contributed by atoms with Crippen LogP contribution >= 0.6 is 11.8 Å². The monoisotopic (exact) mass is 280 g/mol. The largest absolute Gasteiger partial charge is 0.342 e. The minimum absolute atomic E-state index is 0.0589. The SMILES string of the molecule is CSc1ccc(C(=O)N(C)CCC(N)C(C)C)cc1. The van der Waals surface area contributed by atoms with E-state index in [-0.39, 0.29) is 11.9 Å². The van der Waals surface area contributed by atoms with E-state index in [9.17, 15) is 4.79 Å². The van der Waals surface area contributed by atoms with E-state index in [2.05, 4.69) is 13.8 Å². The molecule has 106 valence electrons. The molecule has 1 aromatic rings. The van der Waals surface area contributed by atoms with Gasteiger partial charge in [0.1, 0.15) is 0 Å². The molecule has 1 unspecified atom stereocenters. The van der Waals surface area contributed by atoms with Crippen molar-refractivity contribution >= 4 is 17.7 Å². The molecule has 0 saturated carbocycles. The van der Waals surface area contributed by atoms with Crippen LogP contribution in [0.4, 0.5) is 0 Å². The summed E-state index contributed by atoms with van der Waals surface area (Å²) in [5, 5.41) is 0. The van der Waals surface area contributed by atoms with Crippen molar-refractivity contribution in [2.75, 3.05) is 19.8 Å². The molecule has 0 heterocycles. The van der Waals surface area contributed by atoms with Crippen LogP contribution in [0.1, 0.15) is 30.6 Å². The van der Waals surface area contributed by atoms with Crippen molar-refractivity contribution in [1.29, 1.82) is 0 Å². The molecule has 0 aromatic heterocycles. The highest BCUT2D eigenvalue weighted by Gasteiger charge is 2.14. The number of carbonyl (C=O) groups is 1. The van der Waals surface area contributed by atoms with Crippen LogP contribution in [0.15, 0.2) is 29.2 Å². The van der Waals surface area contributed by atoms with Gasteiger partial charge in [-0.1, -0.05) is 13.8 Å². The van der Waals surface area contributed by atoms with Crippen LogP contribution < -0.4 is 5.73 Å². The number of hydrogen-bond acceptors (Lipinski definition) is 3. The van der Waals surface area contributed by atoms with Gasteiger partial charge in [-0.05, 0) is 42.9 Å². The Labute approximate surface area is 120 Å².